The minimum absolute atomic E-state index is 0.0653. The molecule has 45 heavy (non-hydrogen) atoms. The van der Waals surface area contributed by atoms with E-state index in [-0.39, 0.29) is 37.2 Å². The number of benzene rings is 1. The average molecular weight is 633 g/mol. The highest BCUT2D eigenvalue weighted by Crippen LogP contribution is 2.57. The number of carbonyl (C=O) groups is 3. The summed E-state index contributed by atoms with van der Waals surface area (Å²) in [6, 6.07) is 9.56. The van der Waals surface area contributed by atoms with Crippen molar-refractivity contribution < 1.29 is 34.1 Å². The van der Waals surface area contributed by atoms with Crippen molar-refractivity contribution in [1.29, 1.82) is 0 Å². The predicted octanol–water partition coefficient (Wildman–Crippen LogP) is 8.57. The van der Waals surface area contributed by atoms with Crippen LogP contribution in [0.1, 0.15) is 122 Å². The van der Waals surface area contributed by atoms with Gasteiger partial charge in [-0.05, 0) is 57.3 Å². The maximum absolute atomic E-state index is 14.2. The van der Waals surface area contributed by atoms with Crippen LogP contribution < -0.4 is 0 Å². The Morgan fingerprint density at radius 2 is 1.07 bits per heavy atom. The quantitative estimate of drug-likeness (QED) is 0.176. The number of ether oxygens (including phenoxy) is 2. The van der Waals surface area contributed by atoms with E-state index in [0.717, 1.165) is 5.56 Å². The monoisotopic (exact) mass is 632 g/mol. The van der Waals surface area contributed by atoms with Gasteiger partial charge in [0.1, 0.15) is 13.2 Å². The first-order chi connectivity index (χ1) is 20.2. The van der Waals surface area contributed by atoms with Gasteiger partial charge in [0.05, 0.1) is 24.4 Å². The number of aliphatic carboxylic acids is 1. The fourth-order valence-corrected chi connectivity index (χ4v) is 6.21. The van der Waals surface area contributed by atoms with E-state index in [1.165, 1.54) is 0 Å². The number of rotatable bonds is 16. The molecule has 1 aromatic carbocycles. The van der Waals surface area contributed by atoms with E-state index < -0.39 is 50.8 Å². The van der Waals surface area contributed by atoms with Crippen molar-refractivity contribution in [2.24, 2.45) is 50.2 Å². The van der Waals surface area contributed by atoms with Gasteiger partial charge in [0.25, 0.3) is 0 Å². The molecular formula is C38H64O7. The maximum atomic E-state index is 14.2. The van der Waals surface area contributed by atoms with Crippen LogP contribution >= 0.6 is 0 Å². The molecule has 2 N–H and O–H groups in total. The summed E-state index contributed by atoms with van der Waals surface area (Å²) in [7, 11) is 0. The number of carbonyl (C=O) groups excluding carboxylic acids is 2. The second-order valence-corrected chi connectivity index (χ2v) is 17.7. The average Bonchev–Trinajstić information content (AvgIpc) is 2.89. The molecule has 0 aliphatic rings. The highest BCUT2D eigenvalue weighted by atomic mass is 16.5. The van der Waals surface area contributed by atoms with E-state index in [2.05, 4.69) is 62.3 Å². The van der Waals surface area contributed by atoms with Crippen LogP contribution in [-0.2, 0) is 30.5 Å². The largest absolute Gasteiger partial charge is 0.481 e. The zero-order valence-electron chi connectivity index (χ0n) is 30.8. The third-order valence-corrected chi connectivity index (χ3v) is 10.9. The highest BCUT2D eigenvalue weighted by Gasteiger charge is 2.55. The van der Waals surface area contributed by atoms with Gasteiger partial charge in [-0.25, -0.2) is 0 Å². The molecule has 0 amide bonds. The summed E-state index contributed by atoms with van der Waals surface area (Å²) in [5, 5.41) is 19.6. The van der Waals surface area contributed by atoms with Gasteiger partial charge in [-0.3, -0.25) is 14.4 Å². The molecule has 3 unspecified atom stereocenters. The van der Waals surface area contributed by atoms with Gasteiger partial charge in [0.2, 0.25) is 0 Å². The summed E-state index contributed by atoms with van der Waals surface area (Å²) in [6.07, 6.45) is 1.36. The Morgan fingerprint density at radius 3 is 1.47 bits per heavy atom. The Morgan fingerprint density at radius 1 is 0.644 bits per heavy atom. The van der Waals surface area contributed by atoms with E-state index in [9.17, 15) is 24.6 Å². The number of hydrogen-bond acceptors (Lipinski definition) is 6. The van der Waals surface area contributed by atoms with E-state index in [0.29, 0.717) is 19.3 Å². The third-order valence-electron chi connectivity index (χ3n) is 10.9. The zero-order chi connectivity index (χ0) is 35.2. The first kappa shape index (κ1) is 40.6. The third kappa shape index (κ3) is 10.8. The molecule has 0 fully saturated rings. The Labute approximate surface area is 273 Å². The molecule has 3 atom stereocenters. The molecule has 0 aliphatic heterocycles. The molecule has 7 heteroatoms. The highest BCUT2D eigenvalue weighted by molar-refractivity contribution is 5.75. The van der Waals surface area contributed by atoms with Crippen molar-refractivity contribution in [2.45, 2.75) is 123 Å². The fourth-order valence-electron chi connectivity index (χ4n) is 6.21. The lowest BCUT2D eigenvalue weighted by Gasteiger charge is -2.53. The zero-order valence-corrected chi connectivity index (χ0v) is 30.8. The normalized spacial score (nSPS) is 15.6. The first-order valence-electron chi connectivity index (χ1n) is 16.4. The van der Waals surface area contributed by atoms with E-state index in [4.69, 9.17) is 9.47 Å². The van der Waals surface area contributed by atoms with Gasteiger partial charge >= 0.3 is 17.9 Å². The van der Waals surface area contributed by atoms with Crippen LogP contribution in [0.3, 0.4) is 0 Å². The summed E-state index contributed by atoms with van der Waals surface area (Å²) in [4.78, 5) is 40.2. The van der Waals surface area contributed by atoms with Crippen LogP contribution in [0.5, 0.6) is 0 Å². The Bertz CT molecular complexity index is 1120. The molecule has 0 aliphatic carbocycles. The number of aliphatic hydroxyl groups is 1. The minimum atomic E-state index is -0.845. The van der Waals surface area contributed by atoms with Gasteiger partial charge < -0.3 is 19.7 Å². The number of hydrogen-bond donors (Lipinski definition) is 2. The lowest BCUT2D eigenvalue weighted by Crippen LogP contribution is -2.51. The Balaban J connectivity index is 3.68. The van der Waals surface area contributed by atoms with Crippen LogP contribution in [-0.4, -0.2) is 41.3 Å². The summed E-state index contributed by atoms with van der Waals surface area (Å²) in [6.45, 7) is 28.4. The molecular weight excluding hydrogens is 568 g/mol. The smallest absolute Gasteiger partial charge is 0.309 e. The van der Waals surface area contributed by atoms with Gasteiger partial charge in [-0.15, -0.1) is 0 Å². The number of aliphatic hydroxyl groups excluding tert-OH is 1. The van der Waals surface area contributed by atoms with Gasteiger partial charge in [-0.2, -0.15) is 0 Å². The minimum Gasteiger partial charge on any atom is -0.481 e. The van der Waals surface area contributed by atoms with Gasteiger partial charge in [-0.1, -0.05) is 127 Å². The topological polar surface area (TPSA) is 110 Å². The Kier molecular flexibility index (Phi) is 13.5. The predicted molar refractivity (Wildman–Crippen MR) is 180 cm³/mol. The van der Waals surface area contributed by atoms with Crippen LogP contribution in [0, 0.1) is 50.2 Å². The number of esters is 2. The molecule has 0 bridgehead atoms. The SMILES string of the molecule is CC(C)(C)CC(C(=O)OCCO)C(C)(C)C(C)(C)CC(C(=O)OCc1ccccc1)C(C)(C)C(C)(C)CC(C(=O)O)C(C)(C)C. The lowest BCUT2D eigenvalue weighted by molar-refractivity contribution is -0.167. The van der Waals surface area contributed by atoms with E-state index in [1.807, 2.05) is 65.0 Å². The fraction of sp³-hybridized carbons (Fsp3) is 0.763. The van der Waals surface area contributed by atoms with Crippen LogP contribution in [0.4, 0.5) is 0 Å². The molecule has 0 saturated carbocycles. The molecule has 0 spiro atoms. The summed E-state index contributed by atoms with van der Waals surface area (Å²) < 4.78 is 11.5. The maximum Gasteiger partial charge on any atom is 0.309 e. The van der Waals surface area contributed by atoms with Crippen molar-refractivity contribution in [1.82, 2.24) is 0 Å². The van der Waals surface area contributed by atoms with Crippen LogP contribution in [0.2, 0.25) is 0 Å². The second kappa shape index (κ2) is 15.0. The van der Waals surface area contributed by atoms with Gasteiger partial charge in [0.15, 0.2) is 0 Å². The molecule has 1 aromatic rings. The molecule has 258 valence electrons. The van der Waals surface area contributed by atoms with Crippen molar-refractivity contribution in [2.75, 3.05) is 13.2 Å². The first-order valence-corrected chi connectivity index (χ1v) is 16.4. The van der Waals surface area contributed by atoms with Crippen LogP contribution in [0.25, 0.3) is 0 Å². The van der Waals surface area contributed by atoms with Crippen molar-refractivity contribution in [3.05, 3.63) is 35.9 Å². The van der Waals surface area contributed by atoms with E-state index >= 15 is 0 Å². The van der Waals surface area contributed by atoms with Crippen molar-refractivity contribution >= 4 is 17.9 Å². The summed E-state index contributed by atoms with van der Waals surface area (Å²) in [5.41, 5.74) is -2.23. The molecule has 1 rings (SSSR count). The summed E-state index contributed by atoms with van der Waals surface area (Å²) >= 11 is 0. The number of carboxylic acids is 1. The lowest BCUT2D eigenvalue weighted by atomic mass is 9.51. The van der Waals surface area contributed by atoms with E-state index in [1.54, 1.807) is 0 Å². The molecule has 0 saturated heterocycles. The Hall–Kier alpha value is -2.41. The molecule has 7 nitrogen and oxygen atoms in total. The van der Waals surface area contributed by atoms with Crippen molar-refractivity contribution in [3.8, 4) is 0 Å². The van der Waals surface area contributed by atoms with Crippen LogP contribution in [0.15, 0.2) is 30.3 Å². The molecule has 0 heterocycles. The van der Waals surface area contributed by atoms with Gasteiger partial charge in [0, 0.05) is 0 Å². The molecule has 0 aromatic heterocycles. The molecule has 0 radical (unpaired) electrons. The summed E-state index contributed by atoms with van der Waals surface area (Å²) in [5.74, 6) is -3.25. The number of carboxylic acid groups (broad SMARTS) is 1. The van der Waals surface area contributed by atoms with Crippen molar-refractivity contribution in [3.63, 3.8) is 0 Å². The second-order valence-electron chi connectivity index (χ2n) is 17.7. The standard InChI is InChI=1S/C38H64O7/c1-33(2,3)22-28(31(42)44-21-20-39)37(11,12)36(9,10)24-29(32(43)45-25-26-18-16-15-17-19-26)38(13,14)35(7,8)23-27(30(40)41)34(4,5)6/h15-19,27-29,39H,20-25H2,1-14H3,(H,40,41).